The molecule has 1 rings (SSSR count). The molecule has 20 heavy (non-hydrogen) atoms. The molecule has 0 bridgehead atoms. The summed E-state index contributed by atoms with van der Waals surface area (Å²) in [6.07, 6.45) is 7.13. The molecule has 1 aromatic rings. The molecule has 0 saturated carbocycles. The Bertz CT molecular complexity index is 580. The summed E-state index contributed by atoms with van der Waals surface area (Å²) < 4.78 is 2.57. The van der Waals surface area contributed by atoms with Gasteiger partial charge in [0.05, 0.1) is 0 Å². The molecule has 0 saturated heterocycles. The molecule has 1 aromatic heterocycles. The zero-order chi connectivity index (χ0) is 15.2. The molecule has 2 nitrogen and oxygen atoms in total. The van der Waals surface area contributed by atoms with Crippen molar-refractivity contribution in [1.82, 2.24) is 4.98 Å². The molecule has 5 heteroatoms. The first-order chi connectivity index (χ1) is 9.39. The Morgan fingerprint density at radius 1 is 1.50 bits per heavy atom. The summed E-state index contributed by atoms with van der Waals surface area (Å²) in [5.41, 5.74) is 0. The predicted molar refractivity (Wildman–Crippen MR) is 99.6 cm³/mol. The number of nitrogens with zero attached hydrogens (tertiary/aromatic N) is 1. The Balaban J connectivity index is 3.49. The molecule has 1 heterocycles. The number of thiol groups is 2. The summed E-state index contributed by atoms with van der Waals surface area (Å²) >= 11 is 8.86. The van der Waals surface area contributed by atoms with Crippen LogP contribution >= 0.6 is 25.4 Å². The average Bonchev–Trinajstić information content (AvgIpc) is 2.37. The van der Waals surface area contributed by atoms with Crippen molar-refractivity contribution in [2.24, 2.45) is 5.92 Å². The molecule has 0 radical (unpaired) electrons. The SMILES string of the molecule is CC/B=C/C(C)(S)/C=c1/ccnc(NS)/c1=C/C(C)C. The number of pyridine rings is 1. The van der Waals surface area contributed by atoms with Crippen molar-refractivity contribution < 1.29 is 0 Å². The average molecular weight is 306 g/mol. The van der Waals surface area contributed by atoms with Gasteiger partial charge in [0.2, 0.25) is 0 Å². The normalized spacial score (nSPS) is 16.6. The molecular formula is C15H23BN2S2. The molecule has 0 amide bonds. The Morgan fingerprint density at radius 3 is 2.75 bits per heavy atom. The van der Waals surface area contributed by atoms with Crippen LogP contribution in [0.2, 0.25) is 6.32 Å². The van der Waals surface area contributed by atoms with Crippen LogP contribution in [-0.4, -0.2) is 22.6 Å². The van der Waals surface area contributed by atoms with Gasteiger partial charge in [-0.3, -0.25) is 0 Å². The van der Waals surface area contributed by atoms with Crippen molar-refractivity contribution in [3.8, 4) is 0 Å². The van der Waals surface area contributed by atoms with Crippen molar-refractivity contribution in [3.05, 3.63) is 22.7 Å². The second-order valence-corrected chi connectivity index (χ2v) is 6.55. The second-order valence-electron chi connectivity index (χ2n) is 5.37. The molecule has 108 valence electrons. The van der Waals surface area contributed by atoms with Crippen LogP contribution in [0.3, 0.4) is 0 Å². The van der Waals surface area contributed by atoms with Crippen LogP contribution in [0.15, 0.2) is 12.3 Å². The maximum absolute atomic E-state index is 4.72. The van der Waals surface area contributed by atoms with Crippen molar-refractivity contribution in [2.75, 3.05) is 4.72 Å². The van der Waals surface area contributed by atoms with Gasteiger partial charge in [-0.25, -0.2) is 0 Å². The molecule has 1 atom stereocenters. The molecule has 1 N–H and O–H groups in total. The summed E-state index contributed by atoms with van der Waals surface area (Å²) in [4.78, 5) is 4.32. The van der Waals surface area contributed by atoms with Gasteiger partial charge in [0.25, 0.3) is 0 Å². The monoisotopic (exact) mass is 306 g/mol. The third-order valence-corrected chi connectivity index (χ3v) is 3.26. The quantitative estimate of drug-likeness (QED) is 0.574. The number of hydrogen-bond acceptors (Lipinski definition) is 4. The van der Waals surface area contributed by atoms with Crippen molar-refractivity contribution in [1.29, 1.82) is 0 Å². The van der Waals surface area contributed by atoms with Crippen LogP contribution in [0.1, 0.15) is 27.7 Å². The van der Waals surface area contributed by atoms with Gasteiger partial charge >= 0.3 is 133 Å². The van der Waals surface area contributed by atoms with Gasteiger partial charge in [0, 0.05) is 0 Å². The summed E-state index contributed by atoms with van der Waals surface area (Å²) in [5, 5.41) is 2.19. The van der Waals surface area contributed by atoms with Crippen molar-refractivity contribution in [2.45, 2.75) is 38.8 Å². The van der Waals surface area contributed by atoms with Gasteiger partial charge in [-0.15, -0.1) is 0 Å². The molecule has 0 spiro atoms. The van der Waals surface area contributed by atoms with Crippen LogP contribution in [-0.2, 0) is 0 Å². The van der Waals surface area contributed by atoms with Crippen molar-refractivity contribution >= 4 is 56.3 Å². The Hall–Kier alpha value is -0.675. The fraction of sp³-hybridized carbons (Fsp3) is 0.467. The number of rotatable bonds is 5. The van der Waals surface area contributed by atoms with E-state index in [0.29, 0.717) is 5.92 Å². The first kappa shape index (κ1) is 17.4. The van der Waals surface area contributed by atoms with E-state index in [1.54, 1.807) is 6.20 Å². The Morgan fingerprint density at radius 2 is 2.20 bits per heavy atom. The zero-order valence-electron chi connectivity index (χ0n) is 12.6. The second kappa shape index (κ2) is 7.94. The summed E-state index contributed by atoms with van der Waals surface area (Å²) in [7, 11) is 0. The minimum atomic E-state index is -0.287. The van der Waals surface area contributed by atoms with Gasteiger partial charge in [-0.2, -0.15) is 0 Å². The first-order valence-corrected chi connectivity index (χ1v) is 7.79. The molecule has 0 aromatic carbocycles. The minimum absolute atomic E-state index is 0.287. The molecular weight excluding hydrogens is 283 g/mol. The van der Waals surface area contributed by atoms with E-state index in [-0.39, 0.29) is 4.75 Å². The topological polar surface area (TPSA) is 24.9 Å². The van der Waals surface area contributed by atoms with E-state index in [9.17, 15) is 0 Å². The van der Waals surface area contributed by atoms with Crippen LogP contribution in [0.25, 0.3) is 12.2 Å². The Kier molecular flexibility index (Phi) is 6.90. The molecule has 0 aliphatic rings. The standard InChI is InChI=1S/C15H23BN2S2/c1-5-16-10-15(4,19)9-12-6-7-17-14(18-20)13(12)8-11(2)3/h6-11,19-20H,5H2,1-4H3,(H,17,18)/b12-9-,13-8+. The number of nitrogens with one attached hydrogen (secondary N) is 1. The van der Waals surface area contributed by atoms with E-state index >= 15 is 0 Å². The number of aromatic nitrogens is 1. The summed E-state index contributed by atoms with van der Waals surface area (Å²) in [5.74, 6) is 3.33. The van der Waals surface area contributed by atoms with Crippen LogP contribution in [0.4, 0.5) is 5.82 Å². The summed E-state index contributed by atoms with van der Waals surface area (Å²) in [6, 6.07) is 2.01. The van der Waals surface area contributed by atoms with Gasteiger partial charge in [0.1, 0.15) is 0 Å². The van der Waals surface area contributed by atoms with E-state index in [0.717, 1.165) is 22.6 Å². The molecule has 1 unspecified atom stereocenters. The third kappa shape index (κ3) is 5.37. The number of hydrogen-bond donors (Lipinski definition) is 3. The van der Waals surface area contributed by atoms with Gasteiger partial charge in [-0.1, -0.05) is 0 Å². The van der Waals surface area contributed by atoms with Crippen molar-refractivity contribution in [3.63, 3.8) is 0 Å². The predicted octanol–water partition coefficient (Wildman–Crippen LogP) is 2.19. The molecule has 0 aliphatic carbocycles. The number of anilines is 1. The first-order valence-electron chi connectivity index (χ1n) is 6.89. The van der Waals surface area contributed by atoms with E-state index in [1.807, 2.05) is 6.07 Å². The summed E-state index contributed by atoms with van der Waals surface area (Å²) in [6.45, 7) is 10.6. The fourth-order valence-electron chi connectivity index (χ4n) is 1.93. The third-order valence-electron chi connectivity index (χ3n) is 2.77. The molecule has 0 fully saturated rings. The fourth-order valence-corrected chi connectivity index (χ4v) is 2.35. The maximum atomic E-state index is 4.72. The van der Waals surface area contributed by atoms with Crippen LogP contribution in [0, 0.1) is 5.92 Å². The van der Waals surface area contributed by atoms with Gasteiger partial charge in [-0.05, 0) is 0 Å². The van der Waals surface area contributed by atoms with Crippen LogP contribution in [0.5, 0.6) is 0 Å². The van der Waals surface area contributed by atoms with E-state index in [1.165, 1.54) is 0 Å². The van der Waals surface area contributed by atoms with Crippen LogP contribution < -0.4 is 15.2 Å². The van der Waals surface area contributed by atoms with E-state index in [4.69, 9.17) is 12.6 Å². The van der Waals surface area contributed by atoms with E-state index < -0.39 is 0 Å². The van der Waals surface area contributed by atoms with Gasteiger partial charge in [0.15, 0.2) is 0 Å². The Labute approximate surface area is 133 Å². The van der Waals surface area contributed by atoms with E-state index in [2.05, 4.69) is 75.3 Å². The zero-order valence-corrected chi connectivity index (χ0v) is 14.4. The molecule has 0 aliphatic heterocycles. The van der Waals surface area contributed by atoms with Gasteiger partial charge < -0.3 is 0 Å².